The van der Waals surface area contributed by atoms with E-state index in [1.807, 2.05) is 0 Å². The quantitative estimate of drug-likeness (QED) is 0.437. The topological polar surface area (TPSA) is 151 Å². The van der Waals surface area contributed by atoms with Gasteiger partial charge in [0.05, 0.1) is 6.42 Å². The number of carbonyl (C=O) groups is 4. The number of aromatic carboxylic acids is 1. The molecular formula is C22H24N2O8. The number of aliphatic hydroxyl groups excluding tert-OH is 1. The fraction of sp³-hybridized carbons (Fsp3) is 0.364. The maximum Gasteiger partial charge on any atom is 0.340 e. The van der Waals surface area contributed by atoms with Crippen molar-refractivity contribution in [1.29, 1.82) is 0 Å². The van der Waals surface area contributed by atoms with Crippen LogP contribution in [0.1, 0.15) is 30.6 Å². The third-order valence-corrected chi connectivity index (χ3v) is 5.04. The van der Waals surface area contributed by atoms with Gasteiger partial charge in [-0.25, -0.2) is 4.79 Å². The van der Waals surface area contributed by atoms with Crippen LogP contribution < -0.4 is 15.4 Å². The monoisotopic (exact) mass is 444 g/mol. The maximum absolute atomic E-state index is 12.6. The number of hydrogen-bond acceptors (Lipinski definition) is 7. The molecule has 0 spiro atoms. The van der Waals surface area contributed by atoms with Gasteiger partial charge in [-0.1, -0.05) is 44.2 Å². The van der Waals surface area contributed by atoms with Gasteiger partial charge in [-0.3, -0.25) is 14.4 Å². The summed E-state index contributed by atoms with van der Waals surface area (Å²) in [6.45, 7) is 2.91. The van der Waals surface area contributed by atoms with Crippen molar-refractivity contribution < 1.29 is 38.9 Å². The minimum absolute atomic E-state index is 0.0293. The smallest absolute Gasteiger partial charge is 0.340 e. The highest BCUT2D eigenvalue weighted by atomic mass is 16.6. The number of fused-ring (bicyclic) bond motifs is 1. The first-order valence-electron chi connectivity index (χ1n) is 10.0. The van der Waals surface area contributed by atoms with Gasteiger partial charge >= 0.3 is 11.9 Å². The van der Waals surface area contributed by atoms with Gasteiger partial charge in [0.25, 0.3) is 5.91 Å². The van der Waals surface area contributed by atoms with E-state index < -0.39 is 48.7 Å². The number of hydrogen-bond donors (Lipinski definition) is 4. The Morgan fingerprint density at radius 1 is 1.19 bits per heavy atom. The van der Waals surface area contributed by atoms with E-state index in [-0.39, 0.29) is 23.7 Å². The first kappa shape index (κ1) is 23.0. The minimum atomic E-state index is -1.44. The third-order valence-electron chi connectivity index (χ3n) is 5.04. The zero-order valence-electron chi connectivity index (χ0n) is 17.5. The number of aliphatic hydroxyl groups is 1. The number of rotatable bonds is 8. The van der Waals surface area contributed by atoms with Crippen LogP contribution in [0.3, 0.4) is 0 Å². The molecule has 1 aliphatic heterocycles. The highest BCUT2D eigenvalue weighted by molar-refractivity contribution is 6.06. The lowest BCUT2D eigenvalue weighted by Crippen LogP contribution is -2.54. The molecule has 1 saturated heterocycles. The van der Waals surface area contributed by atoms with Crippen molar-refractivity contribution in [3.05, 3.63) is 42.0 Å². The van der Waals surface area contributed by atoms with E-state index in [0.29, 0.717) is 5.39 Å². The summed E-state index contributed by atoms with van der Waals surface area (Å²) in [6.07, 6.45) is -1.62. The molecule has 2 aromatic rings. The van der Waals surface area contributed by atoms with Crippen molar-refractivity contribution in [3.8, 4) is 5.75 Å². The number of benzene rings is 2. The first-order valence-corrected chi connectivity index (χ1v) is 10.0. The lowest BCUT2D eigenvalue weighted by Gasteiger charge is -2.24. The fourth-order valence-electron chi connectivity index (χ4n) is 3.43. The Hall–Kier alpha value is -3.66. The lowest BCUT2D eigenvalue weighted by atomic mass is 10.0. The second-order valence-electron chi connectivity index (χ2n) is 7.74. The van der Waals surface area contributed by atoms with Crippen LogP contribution in [0.25, 0.3) is 10.8 Å². The number of esters is 1. The Balaban J connectivity index is 1.66. The van der Waals surface area contributed by atoms with Gasteiger partial charge in [0.1, 0.15) is 23.4 Å². The van der Waals surface area contributed by atoms with Crippen LogP contribution in [0, 0.1) is 5.92 Å². The van der Waals surface area contributed by atoms with Crippen molar-refractivity contribution >= 4 is 34.5 Å². The third kappa shape index (κ3) is 5.14. The van der Waals surface area contributed by atoms with Crippen LogP contribution in [0.2, 0.25) is 0 Å². The number of carbonyl (C=O) groups excluding carboxylic acids is 3. The molecular weight excluding hydrogens is 420 g/mol. The lowest BCUT2D eigenvalue weighted by molar-refractivity contribution is -0.155. The number of carboxylic acids is 1. The van der Waals surface area contributed by atoms with E-state index in [4.69, 9.17) is 4.74 Å². The van der Waals surface area contributed by atoms with E-state index in [9.17, 15) is 29.4 Å². The zero-order chi connectivity index (χ0) is 23.4. The summed E-state index contributed by atoms with van der Waals surface area (Å²) in [6, 6.07) is 8.20. The molecule has 10 nitrogen and oxygen atoms in total. The van der Waals surface area contributed by atoms with Gasteiger partial charge < -0.3 is 30.3 Å². The Morgan fingerprint density at radius 3 is 2.53 bits per heavy atom. The van der Waals surface area contributed by atoms with Crippen LogP contribution in [0.4, 0.5) is 0 Å². The van der Waals surface area contributed by atoms with Crippen LogP contribution in [0.5, 0.6) is 5.75 Å². The second-order valence-corrected chi connectivity index (χ2v) is 7.74. The van der Waals surface area contributed by atoms with Crippen molar-refractivity contribution in [3.63, 3.8) is 0 Å². The number of ether oxygens (including phenoxy) is 2. The molecule has 0 aromatic heterocycles. The molecule has 2 aromatic carbocycles. The molecule has 0 bridgehead atoms. The van der Waals surface area contributed by atoms with Crippen LogP contribution in [-0.4, -0.2) is 58.9 Å². The Morgan fingerprint density at radius 2 is 1.91 bits per heavy atom. The standard InChI is InChI=1S/C22H24N2O8/c1-11(2)19(20(27)23-14-9-17(26)32-22(14)30)24-16(25)10-31-15-8-7-12-5-3-4-6-13(12)18(15)21(28)29/h3-8,11,14,19,22,30H,9-10H2,1-2H3,(H,23,27)(H,24,25)(H,28,29)/t14-,19-,22?/m0/s1. The van der Waals surface area contributed by atoms with E-state index in [1.165, 1.54) is 6.07 Å². The molecule has 4 N–H and O–H groups in total. The molecule has 0 saturated carbocycles. The molecule has 170 valence electrons. The molecule has 1 heterocycles. The normalized spacial score (nSPS) is 18.8. The van der Waals surface area contributed by atoms with Crippen LogP contribution in [-0.2, 0) is 19.1 Å². The largest absolute Gasteiger partial charge is 0.483 e. The van der Waals surface area contributed by atoms with Crippen molar-refractivity contribution in [2.24, 2.45) is 5.92 Å². The predicted octanol–water partition coefficient (Wildman–Crippen LogP) is 0.808. The van der Waals surface area contributed by atoms with E-state index in [2.05, 4.69) is 15.4 Å². The van der Waals surface area contributed by atoms with Gasteiger partial charge in [-0.2, -0.15) is 0 Å². The summed E-state index contributed by atoms with van der Waals surface area (Å²) in [7, 11) is 0. The molecule has 1 aliphatic rings. The maximum atomic E-state index is 12.6. The average molecular weight is 444 g/mol. The average Bonchev–Trinajstić information content (AvgIpc) is 3.05. The summed E-state index contributed by atoms with van der Waals surface area (Å²) in [5.74, 6) is -3.34. The van der Waals surface area contributed by atoms with Crippen LogP contribution >= 0.6 is 0 Å². The van der Waals surface area contributed by atoms with Gasteiger partial charge in [-0.05, 0) is 22.8 Å². The van der Waals surface area contributed by atoms with Crippen molar-refractivity contribution in [2.75, 3.05) is 6.61 Å². The van der Waals surface area contributed by atoms with Gasteiger partial charge in [-0.15, -0.1) is 0 Å². The second kappa shape index (κ2) is 9.65. The fourth-order valence-corrected chi connectivity index (χ4v) is 3.43. The highest BCUT2D eigenvalue weighted by Gasteiger charge is 2.36. The molecule has 2 amide bonds. The minimum Gasteiger partial charge on any atom is -0.483 e. The SMILES string of the molecule is CC(C)[C@H](NC(=O)COc1ccc2ccccc2c1C(=O)O)C(=O)N[C@H]1CC(=O)OC1O. The number of nitrogens with one attached hydrogen (secondary N) is 2. The summed E-state index contributed by atoms with van der Waals surface area (Å²) in [4.78, 5) is 48.0. The number of carboxylic acid groups (broad SMARTS) is 1. The Bertz CT molecular complexity index is 1050. The molecule has 0 radical (unpaired) electrons. The summed E-state index contributed by atoms with van der Waals surface area (Å²) in [5.41, 5.74) is -0.0612. The summed E-state index contributed by atoms with van der Waals surface area (Å²) in [5, 5.41) is 25.5. The predicted molar refractivity (Wildman–Crippen MR) is 112 cm³/mol. The van der Waals surface area contributed by atoms with Gasteiger partial charge in [0.15, 0.2) is 6.61 Å². The molecule has 0 aliphatic carbocycles. The van der Waals surface area contributed by atoms with E-state index in [0.717, 1.165) is 5.39 Å². The summed E-state index contributed by atoms with van der Waals surface area (Å²) < 4.78 is 10.1. The van der Waals surface area contributed by atoms with Crippen molar-refractivity contribution in [2.45, 2.75) is 38.6 Å². The van der Waals surface area contributed by atoms with E-state index >= 15 is 0 Å². The zero-order valence-corrected chi connectivity index (χ0v) is 17.5. The van der Waals surface area contributed by atoms with Gasteiger partial charge in [0, 0.05) is 0 Å². The van der Waals surface area contributed by atoms with Gasteiger partial charge in [0.2, 0.25) is 12.2 Å². The number of cyclic esters (lactones) is 1. The molecule has 3 atom stereocenters. The summed E-state index contributed by atoms with van der Waals surface area (Å²) >= 11 is 0. The number of amides is 2. The molecule has 1 fully saturated rings. The Labute approximate surface area is 183 Å². The van der Waals surface area contributed by atoms with E-state index in [1.54, 1.807) is 44.2 Å². The Kier molecular flexibility index (Phi) is 6.94. The van der Waals surface area contributed by atoms with Crippen molar-refractivity contribution in [1.82, 2.24) is 10.6 Å². The first-order chi connectivity index (χ1) is 15.2. The molecule has 1 unspecified atom stereocenters. The molecule has 10 heteroatoms. The molecule has 32 heavy (non-hydrogen) atoms. The van der Waals surface area contributed by atoms with Crippen LogP contribution in [0.15, 0.2) is 36.4 Å². The highest BCUT2D eigenvalue weighted by Crippen LogP contribution is 2.28. The molecule has 3 rings (SSSR count).